The van der Waals surface area contributed by atoms with Gasteiger partial charge in [-0.05, 0) is 55.0 Å². The van der Waals surface area contributed by atoms with E-state index >= 15 is 0 Å². The number of benzene rings is 3. The fourth-order valence-electron chi connectivity index (χ4n) is 3.57. The highest BCUT2D eigenvalue weighted by Gasteiger charge is 2.11. The van der Waals surface area contributed by atoms with E-state index in [0.29, 0.717) is 40.0 Å². The molecule has 5 aromatic rings. The molecular formula is C26H21N5O3S. The average molecular weight is 484 g/mol. The van der Waals surface area contributed by atoms with Gasteiger partial charge in [0.15, 0.2) is 5.65 Å². The van der Waals surface area contributed by atoms with Gasteiger partial charge in [0.2, 0.25) is 5.16 Å². The Morgan fingerprint density at radius 3 is 2.46 bits per heavy atom. The molecule has 2 N–H and O–H groups in total. The van der Waals surface area contributed by atoms with Crippen molar-refractivity contribution in [3.63, 3.8) is 0 Å². The number of amides is 1. The first-order valence-corrected chi connectivity index (χ1v) is 12.0. The summed E-state index contributed by atoms with van der Waals surface area (Å²) in [6.07, 6.45) is 0. The van der Waals surface area contributed by atoms with Crippen LogP contribution in [0.15, 0.2) is 78.0 Å². The highest BCUT2D eigenvalue weighted by Crippen LogP contribution is 2.25. The lowest BCUT2D eigenvalue weighted by Crippen LogP contribution is -2.12. The molecule has 0 saturated carbocycles. The van der Waals surface area contributed by atoms with E-state index in [-0.39, 0.29) is 11.9 Å². The maximum absolute atomic E-state index is 12.6. The number of thioether (sulfide) groups is 1. The molecule has 0 fully saturated rings. The number of carbonyl (C=O) groups is 2. The highest BCUT2D eigenvalue weighted by atomic mass is 32.2. The summed E-state index contributed by atoms with van der Waals surface area (Å²) in [6, 6.07) is 21.9. The zero-order chi connectivity index (χ0) is 24.2. The minimum Gasteiger partial charge on any atom is -0.462 e. The third kappa shape index (κ3) is 4.99. The molecule has 0 aliphatic heterocycles. The number of para-hydroxylation sites is 1. The Kier molecular flexibility index (Phi) is 6.40. The molecule has 0 radical (unpaired) electrons. The van der Waals surface area contributed by atoms with Crippen molar-refractivity contribution in [3.8, 4) is 0 Å². The van der Waals surface area contributed by atoms with Gasteiger partial charge in [-0.25, -0.2) is 9.78 Å². The maximum atomic E-state index is 12.6. The Balaban J connectivity index is 1.20. The summed E-state index contributed by atoms with van der Waals surface area (Å²) in [5, 5.41) is 13.0. The molecule has 2 heterocycles. The first-order valence-electron chi connectivity index (χ1n) is 11.0. The van der Waals surface area contributed by atoms with Gasteiger partial charge in [0.25, 0.3) is 5.91 Å². The van der Waals surface area contributed by atoms with Crippen molar-refractivity contribution < 1.29 is 14.3 Å². The zero-order valence-corrected chi connectivity index (χ0v) is 19.6. The van der Waals surface area contributed by atoms with E-state index in [1.807, 2.05) is 36.4 Å². The van der Waals surface area contributed by atoms with E-state index in [1.54, 1.807) is 43.3 Å². The maximum Gasteiger partial charge on any atom is 0.338 e. The summed E-state index contributed by atoms with van der Waals surface area (Å²) in [5.41, 5.74) is 5.06. The molecule has 0 spiro atoms. The van der Waals surface area contributed by atoms with Gasteiger partial charge in [-0.3, -0.25) is 4.79 Å². The third-order valence-corrected chi connectivity index (χ3v) is 6.25. The molecular weight excluding hydrogens is 462 g/mol. The van der Waals surface area contributed by atoms with Crippen LogP contribution in [0.25, 0.3) is 22.1 Å². The van der Waals surface area contributed by atoms with Crippen molar-refractivity contribution in [1.29, 1.82) is 0 Å². The summed E-state index contributed by atoms with van der Waals surface area (Å²) >= 11 is 1.48. The van der Waals surface area contributed by atoms with Gasteiger partial charge >= 0.3 is 5.97 Å². The molecule has 0 aliphatic carbocycles. The smallest absolute Gasteiger partial charge is 0.338 e. The lowest BCUT2D eigenvalue weighted by molar-refractivity contribution is 0.0526. The number of aromatic amines is 1. The summed E-state index contributed by atoms with van der Waals surface area (Å²) < 4.78 is 4.97. The molecule has 1 amide bonds. The SMILES string of the molecule is CCOC(=O)c1ccc(NC(=O)c2ccc(CSc3nnc4c(n3)[nH]c3ccccc34)cc2)cc1. The van der Waals surface area contributed by atoms with Gasteiger partial charge in [0.05, 0.1) is 12.2 Å². The lowest BCUT2D eigenvalue weighted by Gasteiger charge is -2.07. The second-order valence-corrected chi connectivity index (χ2v) is 8.64. The van der Waals surface area contributed by atoms with Gasteiger partial charge < -0.3 is 15.0 Å². The molecule has 0 unspecified atom stereocenters. The first-order chi connectivity index (χ1) is 17.1. The minimum absolute atomic E-state index is 0.232. The molecule has 3 aromatic carbocycles. The summed E-state index contributed by atoms with van der Waals surface area (Å²) in [4.78, 5) is 32.2. The normalized spacial score (nSPS) is 11.0. The molecule has 0 saturated heterocycles. The predicted octanol–water partition coefficient (Wildman–Crippen LogP) is 5.23. The fraction of sp³-hybridized carbons (Fsp3) is 0.115. The van der Waals surface area contributed by atoms with E-state index in [2.05, 4.69) is 25.5 Å². The number of esters is 1. The first kappa shape index (κ1) is 22.5. The van der Waals surface area contributed by atoms with Crippen molar-refractivity contribution in [2.45, 2.75) is 17.8 Å². The van der Waals surface area contributed by atoms with Crippen LogP contribution in [-0.4, -0.2) is 38.6 Å². The van der Waals surface area contributed by atoms with Crippen LogP contribution in [-0.2, 0) is 10.5 Å². The van der Waals surface area contributed by atoms with Crippen LogP contribution >= 0.6 is 11.8 Å². The molecule has 2 aromatic heterocycles. The van der Waals surface area contributed by atoms with Crippen molar-refractivity contribution in [2.24, 2.45) is 0 Å². The molecule has 9 heteroatoms. The van der Waals surface area contributed by atoms with Gasteiger partial charge in [0, 0.05) is 27.9 Å². The van der Waals surface area contributed by atoms with E-state index in [9.17, 15) is 9.59 Å². The number of fused-ring (bicyclic) bond motifs is 3. The van der Waals surface area contributed by atoms with Crippen LogP contribution in [0.2, 0.25) is 0 Å². The Morgan fingerprint density at radius 1 is 0.943 bits per heavy atom. The van der Waals surface area contributed by atoms with Gasteiger partial charge in [-0.2, -0.15) is 0 Å². The third-order valence-electron chi connectivity index (χ3n) is 5.34. The second-order valence-electron chi connectivity index (χ2n) is 7.70. The fourth-order valence-corrected chi connectivity index (χ4v) is 4.32. The van der Waals surface area contributed by atoms with Crippen molar-refractivity contribution in [3.05, 3.63) is 89.5 Å². The van der Waals surface area contributed by atoms with Crippen LogP contribution in [0.4, 0.5) is 5.69 Å². The number of hydrogen-bond donors (Lipinski definition) is 2. The lowest BCUT2D eigenvalue weighted by atomic mass is 10.1. The number of rotatable bonds is 7. The van der Waals surface area contributed by atoms with E-state index in [1.165, 1.54) is 11.8 Å². The van der Waals surface area contributed by atoms with E-state index in [4.69, 9.17) is 4.74 Å². The largest absolute Gasteiger partial charge is 0.462 e. The van der Waals surface area contributed by atoms with E-state index in [0.717, 1.165) is 22.0 Å². The van der Waals surface area contributed by atoms with Crippen LogP contribution in [0.3, 0.4) is 0 Å². The average Bonchev–Trinajstić information content (AvgIpc) is 3.26. The van der Waals surface area contributed by atoms with Crippen molar-refractivity contribution >= 4 is 51.4 Å². The highest BCUT2D eigenvalue weighted by molar-refractivity contribution is 7.98. The number of aromatic nitrogens is 4. The summed E-state index contributed by atoms with van der Waals surface area (Å²) in [6.45, 7) is 2.07. The van der Waals surface area contributed by atoms with Crippen molar-refractivity contribution in [2.75, 3.05) is 11.9 Å². The monoisotopic (exact) mass is 483 g/mol. The van der Waals surface area contributed by atoms with Crippen LogP contribution in [0.5, 0.6) is 0 Å². The van der Waals surface area contributed by atoms with Crippen molar-refractivity contribution in [1.82, 2.24) is 20.2 Å². The molecule has 174 valence electrons. The quantitative estimate of drug-likeness (QED) is 0.241. The second kappa shape index (κ2) is 9.94. The van der Waals surface area contributed by atoms with Gasteiger partial charge in [-0.1, -0.05) is 42.1 Å². The topological polar surface area (TPSA) is 110 Å². The standard InChI is InChI=1S/C26H21N5O3S/c1-2-34-25(33)18-11-13-19(14-12-18)27-24(32)17-9-7-16(8-10-17)15-35-26-29-23-22(30-31-26)20-5-3-4-6-21(20)28-23/h3-14H,2,15H2,1H3,(H,27,32)(H,28,29,31). The van der Waals surface area contributed by atoms with E-state index < -0.39 is 0 Å². The zero-order valence-electron chi connectivity index (χ0n) is 18.8. The molecule has 0 bridgehead atoms. The Morgan fingerprint density at radius 2 is 1.69 bits per heavy atom. The summed E-state index contributed by atoms with van der Waals surface area (Å²) in [7, 11) is 0. The van der Waals surface area contributed by atoms with Crippen LogP contribution in [0.1, 0.15) is 33.2 Å². The van der Waals surface area contributed by atoms with Gasteiger partial charge in [-0.15, -0.1) is 10.2 Å². The summed E-state index contributed by atoms with van der Waals surface area (Å²) in [5.74, 6) is 0.0242. The predicted molar refractivity (Wildman–Crippen MR) is 136 cm³/mol. The molecule has 8 nitrogen and oxygen atoms in total. The molecule has 35 heavy (non-hydrogen) atoms. The number of nitrogens with zero attached hydrogens (tertiary/aromatic N) is 3. The number of carbonyl (C=O) groups excluding carboxylic acids is 2. The number of nitrogens with one attached hydrogen (secondary N) is 2. The van der Waals surface area contributed by atoms with Gasteiger partial charge in [0.1, 0.15) is 5.52 Å². The van der Waals surface area contributed by atoms with Crippen LogP contribution in [0, 0.1) is 0 Å². The number of hydrogen-bond acceptors (Lipinski definition) is 7. The molecule has 5 rings (SSSR count). The Labute approximate surface area is 205 Å². The number of anilines is 1. The Hall–Kier alpha value is -4.24. The number of ether oxygens (including phenoxy) is 1. The Bertz CT molecular complexity index is 1510. The molecule has 0 aliphatic rings. The van der Waals surface area contributed by atoms with Crippen LogP contribution < -0.4 is 5.32 Å². The number of H-pyrrole nitrogens is 1. The molecule has 0 atom stereocenters. The minimum atomic E-state index is -0.388.